The predicted molar refractivity (Wildman–Crippen MR) is 333 cm³/mol. The number of benzene rings is 8. The number of esters is 2. The fraction of sp³-hybridized carbons (Fsp3) is 0.288. The zero-order chi connectivity index (χ0) is 62.1. The molecule has 0 bridgehead atoms. The maximum Gasteiger partial charge on any atom is 1.00 e. The topological polar surface area (TPSA) is 214 Å². The fourth-order valence-corrected chi connectivity index (χ4v) is 12.4. The van der Waals surface area contributed by atoms with Crippen molar-refractivity contribution >= 4 is 24.2 Å². The molecule has 0 radical (unpaired) electrons. The average molecular weight is 1470 g/mol. The van der Waals surface area contributed by atoms with Gasteiger partial charge in [0.05, 0.1) is 69.3 Å². The molecule has 91 heavy (non-hydrogen) atoms. The van der Waals surface area contributed by atoms with E-state index >= 15 is 0 Å². The SMILES string of the molecule is CCOCCOc1ccc(C2(c3ccc(OCCOC)c([C-]=O)c3)c3cc(C)ccc3-c3ccc(-c4ccc5c(c4)C(c4ccc(OCCOC)c(C(=O)OCC)c4)(c4ccc(OCCOC)c(C(=O)OCC)c4)c4cc(C)ccc4-5)cc32)cc1C(=O)[O-].[Cs+].[Cs+].[OH-]. The number of methoxy groups -OCH3 is 3. The van der Waals surface area contributed by atoms with Crippen molar-refractivity contribution in [2.24, 2.45) is 0 Å². The second-order valence-electron chi connectivity index (χ2n) is 21.4. The van der Waals surface area contributed by atoms with Crippen molar-refractivity contribution in [2.45, 2.75) is 45.4 Å². The third-order valence-electron chi connectivity index (χ3n) is 16.2. The van der Waals surface area contributed by atoms with Crippen LogP contribution in [0.25, 0.3) is 33.4 Å². The van der Waals surface area contributed by atoms with Gasteiger partial charge in [-0.05, 0) is 155 Å². The first-order valence-corrected chi connectivity index (χ1v) is 29.4. The number of fused-ring (bicyclic) bond motifs is 6. The van der Waals surface area contributed by atoms with Gasteiger partial charge in [-0.15, -0.1) is 5.56 Å². The number of carboxylic acids is 1. The second kappa shape index (κ2) is 33.4. The number of carbonyl (C=O) groups is 3. The summed E-state index contributed by atoms with van der Waals surface area (Å²) in [5.41, 5.74) is 10.8. The number of carbonyl (C=O) groups excluding carboxylic acids is 4. The van der Waals surface area contributed by atoms with Crippen molar-refractivity contribution in [1.82, 2.24) is 0 Å². The van der Waals surface area contributed by atoms with E-state index in [9.17, 15) is 24.3 Å². The van der Waals surface area contributed by atoms with Crippen LogP contribution in [0.5, 0.6) is 23.0 Å². The van der Waals surface area contributed by atoms with E-state index in [4.69, 9.17) is 47.4 Å². The Bertz CT molecular complexity index is 3860. The standard InChI is InChI=1S/C73H71O15.2Cs.H2O/c1-9-82-31-35-88-66-25-17-51(41-58(66)69(75)76)72(50-16-24-65(49(38-50)44-74)85-32-28-79-6)61-36-45(4)12-20-54(61)56-22-14-47(39-63(56)72)48-15-23-57-55-21-13-46(5)37-62(55)73(64(57)40-48,52-18-26-67(86-33-29-80-7)59(42-52)70(77)83-10-2)53-19-27-68(87-34-30-81-8)60(43-53)71(78)84-11-3;;;/h12-27,36-43H,9-11,28-35H2,1-8H3,(H,75,76);;;1H2/q-1;2*+1;/p-2. The second-order valence-corrected chi connectivity index (χ2v) is 21.4. The third-order valence-corrected chi connectivity index (χ3v) is 16.2. The van der Waals surface area contributed by atoms with Crippen molar-refractivity contribution in [3.63, 3.8) is 0 Å². The summed E-state index contributed by atoms with van der Waals surface area (Å²) in [6.45, 7) is 11.8. The molecule has 0 aliphatic heterocycles. The first-order chi connectivity index (χ1) is 42.8. The molecule has 0 aromatic heterocycles. The number of aryl methyl sites for hydroxylation is 2. The van der Waals surface area contributed by atoms with E-state index in [-0.39, 0.29) is 237 Å². The molecule has 0 saturated heterocycles. The summed E-state index contributed by atoms with van der Waals surface area (Å²) in [4.78, 5) is 55.0. The number of hydrogen-bond donors (Lipinski definition) is 0. The molecule has 1 unspecified atom stereocenters. The predicted octanol–water partition coefficient (Wildman–Crippen LogP) is 5.19. The van der Waals surface area contributed by atoms with Gasteiger partial charge >= 0.3 is 150 Å². The molecule has 18 heteroatoms. The summed E-state index contributed by atoms with van der Waals surface area (Å²) in [6.07, 6.45) is 2.13. The molecule has 462 valence electrons. The average Bonchev–Trinajstić information content (AvgIpc) is 1.57. The summed E-state index contributed by atoms with van der Waals surface area (Å²) < 4.78 is 57.5. The van der Waals surface area contributed by atoms with Crippen molar-refractivity contribution in [3.8, 4) is 56.4 Å². The van der Waals surface area contributed by atoms with Crippen molar-refractivity contribution in [1.29, 1.82) is 0 Å². The molecule has 0 heterocycles. The normalized spacial score (nSPS) is 13.6. The Balaban J connectivity index is 0.00000392. The molecule has 0 amide bonds. The molecule has 2 aliphatic rings. The number of carboxylic acid groups (broad SMARTS) is 1. The first-order valence-electron chi connectivity index (χ1n) is 29.4. The molecular formula is C73H71Cs2O16-. The van der Waals surface area contributed by atoms with E-state index in [1.165, 1.54) is 0 Å². The maximum absolute atomic E-state index is 14.3. The van der Waals surface area contributed by atoms with E-state index < -0.39 is 28.7 Å². The van der Waals surface area contributed by atoms with E-state index in [1.807, 2.05) is 63.2 Å². The monoisotopic (exact) mass is 1470 g/mol. The summed E-state index contributed by atoms with van der Waals surface area (Å²) in [5, 5.41) is 13.4. The minimum atomic E-state index is -1.44. The third kappa shape index (κ3) is 14.6. The Morgan fingerprint density at radius 2 is 0.769 bits per heavy atom. The van der Waals surface area contributed by atoms with Crippen LogP contribution in [-0.2, 0) is 44.0 Å². The Hall–Kier alpha value is -5.06. The number of rotatable bonds is 28. The molecule has 10 rings (SSSR count). The van der Waals surface area contributed by atoms with Gasteiger partial charge in [0.2, 0.25) is 0 Å². The van der Waals surface area contributed by atoms with Crippen molar-refractivity contribution in [3.05, 3.63) is 223 Å². The van der Waals surface area contributed by atoms with Crippen LogP contribution in [0.3, 0.4) is 0 Å². The van der Waals surface area contributed by atoms with Crippen molar-refractivity contribution in [2.75, 3.05) is 94.0 Å². The first kappa shape index (κ1) is 73.4. The van der Waals surface area contributed by atoms with Gasteiger partial charge in [0, 0.05) is 39.2 Å². The number of hydrogen-bond acceptors (Lipinski definition) is 16. The van der Waals surface area contributed by atoms with Crippen molar-refractivity contribution < 1.29 is 215 Å². The summed E-state index contributed by atoms with van der Waals surface area (Å²) in [6, 6.07) is 46.8. The molecule has 0 saturated carbocycles. The number of ether oxygens (including phenoxy) is 10. The zero-order valence-electron chi connectivity index (χ0n) is 53.2. The Morgan fingerprint density at radius 1 is 0.418 bits per heavy atom. The quantitative estimate of drug-likeness (QED) is 0.0351. The Morgan fingerprint density at radius 3 is 1.15 bits per heavy atom. The van der Waals surface area contributed by atoms with Crippen LogP contribution in [0.2, 0.25) is 0 Å². The smallest absolute Gasteiger partial charge is 0.870 e. The molecule has 8 aromatic rings. The molecular weight excluding hydrogens is 1400 g/mol. The van der Waals surface area contributed by atoms with E-state index in [0.717, 1.165) is 66.8 Å². The van der Waals surface area contributed by atoms with E-state index in [1.54, 1.807) is 71.6 Å². The van der Waals surface area contributed by atoms with Crippen LogP contribution in [0.4, 0.5) is 0 Å². The molecule has 8 aromatic carbocycles. The van der Waals surface area contributed by atoms with E-state index in [0.29, 0.717) is 46.1 Å². The molecule has 0 fully saturated rings. The summed E-state index contributed by atoms with van der Waals surface area (Å²) >= 11 is 0. The molecule has 1 atom stereocenters. The van der Waals surface area contributed by atoms with E-state index in [2.05, 4.69) is 73.0 Å². The Kier molecular flexibility index (Phi) is 26.9. The number of aromatic carboxylic acids is 1. The van der Waals surface area contributed by atoms with Gasteiger partial charge in [-0.25, -0.2) is 9.59 Å². The van der Waals surface area contributed by atoms with Crippen LogP contribution >= 0.6 is 0 Å². The van der Waals surface area contributed by atoms with Gasteiger partial charge in [-0.1, -0.05) is 108 Å². The Labute approximate surface area is 649 Å². The van der Waals surface area contributed by atoms with Gasteiger partial charge in [0.25, 0.3) is 0 Å². The fourth-order valence-electron chi connectivity index (χ4n) is 12.4. The van der Waals surface area contributed by atoms with Gasteiger partial charge in [-0.3, -0.25) is 0 Å². The van der Waals surface area contributed by atoms with Gasteiger partial charge in [0.15, 0.2) is 0 Å². The van der Waals surface area contributed by atoms with Crippen LogP contribution in [0.1, 0.15) is 113 Å². The molecule has 0 spiro atoms. The minimum Gasteiger partial charge on any atom is -0.870 e. The zero-order valence-corrected chi connectivity index (χ0v) is 65.8. The molecule has 2 aliphatic carbocycles. The minimum absolute atomic E-state index is 0. The molecule has 1 N–H and O–H groups in total. The largest absolute Gasteiger partial charge is 1.00 e. The van der Waals surface area contributed by atoms with Crippen LogP contribution < -0.4 is 162 Å². The summed E-state index contributed by atoms with van der Waals surface area (Å²) in [5.74, 6) is -1.58. The molecule has 16 nitrogen and oxygen atoms in total. The van der Waals surface area contributed by atoms with Crippen LogP contribution in [0.15, 0.2) is 146 Å². The van der Waals surface area contributed by atoms with Crippen LogP contribution in [-0.4, -0.2) is 124 Å². The maximum atomic E-state index is 14.3. The van der Waals surface area contributed by atoms with Gasteiger partial charge in [0.1, 0.15) is 48.2 Å². The summed E-state index contributed by atoms with van der Waals surface area (Å²) in [7, 11) is 4.71. The van der Waals surface area contributed by atoms with Crippen LogP contribution in [0, 0.1) is 13.8 Å². The van der Waals surface area contributed by atoms with Gasteiger partial charge < -0.3 is 67.5 Å². The van der Waals surface area contributed by atoms with Gasteiger partial charge in [-0.2, -0.15) is 6.07 Å².